The molecule has 158 valence electrons. The van der Waals surface area contributed by atoms with Gasteiger partial charge in [-0.1, -0.05) is 0 Å². The molecule has 10 nitrogen and oxygen atoms in total. The van der Waals surface area contributed by atoms with Crippen LogP contribution in [-0.4, -0.2) is 76.9 Å². The van der Waals surface area contributed by atoms with Crippen molar-refractivity contribution in [1.82, 2.24) is 0 Å². The summed E-state index contributed by atoms with van der Waals surface area (Å²) in [6, 6.07) is 3.28. The molecule has 29 heavy (non-hydrogen) atoms. The van der Waals surface area contributed by atoms with E-state index in [2.05, 4.69) is 0 Å². The maximum Gasteiger partial charge on any atom is 0.342 e. The lowest BCUT2D eigenvalue weighted by Crippen LogP contribution is -2.59. The predicted molar refractivity (Wildman–Crippen MR) is 95.2 cm³/mol. The second-order valence-electron chi connectivity index (χ2n) is 7.07. The van der Waals surface area contributed by atoms with Gasteiger partial charge in [-0.2, -0.15) is 0 Å². The molecule has 0 radical (unpaired) electrons. The number of esters is 1. The zero-order chi connectivity index (χ0) is 20.9. The third-order valence-corrected chi connectivity index (χ3v) is 5.31. The van der Waals surface area contributed by atoms with Gasteiger partial charge in [-0.3, -0.25) is 0 Å². The summed E-state index contributed by atoms with van der Waals surface area (Å²) in [6.45, 7) is 1.02. The van der Waals surface area contributed by atoms with E-state index in [1.807, 2.05) is 0 Å². The van der Waals surface area contributed by atoms with E-state index >= 15 is 0 Å². The lowest BCUT2D eigenvalue weighted by Gasteiger charge is -2.42. The highest BCUT2D eigenvalue weighted by Gasteiger charge is 2.47. The molecule has 7 atom stereocenters. The highest BCUT2D eigenvalue weighted by atomic mass is 16.7. The number of ether oxygens (including phenoxy) is 4. The average molecular weight is 410 g/mol. The third kappa shape index (κ3) is 3.18. The van der Waals surface area contributed by atoms with E-state index in [0.29, 0.717) is 16.5 Å². The number of methoxy groups -OCH3 is 1. The molecule has 0 aliphatic carbocycles. The molecule has 2 aromatic rings. The Labute approximate surface area is 165 Å². The molecule has 0 spiro atoms. The van der Waals surface area contributed by atoms with E-state index < -0.39 is 55.5 Å². The lowest BCUT2D eigenvalue weighted by molar-refractivity contribution is -0.318. The zero-order valence-corrected chi connectivity index (χ0v) is 15.7. The topological polar surface area (TPSA) is 148 Å². The molecule has 2 aliphatic heterocycles. The molecular weight excluding hydrogens is 388 g/mol. The smallest absolute Gasteiger partial charge is 0.342 e. The first-order valence-corrected chi connectivity index (χ1v) is 9.12. The van der Waals surface area contributed by atoms with E-state index in [4.69, 9.17) is 23.4 Å². The Balaban J connectivity index is 1.74. The van der Waals surface area contributed by atoms with Gasteiger partial charge in [0.2, 0.25) is 0 Å². The Hall–Kier alpha value is -2.21. The second kappa shape index (κ2) is 7.56. The standard InChI is InChI=1S/C19H22O10/c1-7-16(29-19-15(23)14(22)13(21)11(6-20)28-19)9-5-10-8(3-4-26-10)17(25-2)12(9)18(24)27-7/h3-5,7,11,13-16,19-23H,6H2,1-2H3/t7?,11-,13-,14+,15-,16?,19+/m1/s1. The van der Waals surface area contributed by atoms with Crippen molar-refractivity contribution in [1.29, 1.82) is 0 Å². The molecule has 4 N–H and O–H groups in total. The molecule has 0 bridgehead atoms. The predicted octanol–water partition coefficient (Wildman–Crippen LogP) is -0.142. The SMILES string of the molecule is COc1c2c(cc3occc13)C(O[C@@H]1O[C@H](CO)[C@@H](O)[C@H](O)[C@H]1O)C(C)OC2=O. The van der Waals surface area contributed by atoms with Crippen molar-refractivity contribution >= 4 is 16.9 Å². The molecule has 2 unspecified atom stereocenters. The minimum atomic E-state index is -1.59. The Kier molecular flexibility index (Phi) is 5.23. The van der Waals surface area contributed by atoms with Crippen LogP contribution in [0.25, 0.3) is 11.0 Å². The van der Waals surface area contributed by atoms with Crippen molar-refractivity contribution in [2.75, 3.05) is 13.7 Å². The van der Waals surface area contributed by atoms with Gasteiger partial charge in [-0.05, 0) is 19.1 Å². The fourth-order valence-corrected chi connectivity index (χ4v) is 3.80. The Morgan fingerprint density at radius 2 is 1.93 bits per heavy atom. The summed E-state index contributed by atoms with van der Waals surface area (Å²) in [7, 11) is 1.42. The molecule has 2 aliphatic rings. The molecule has 1 saturated heterocycles. The fraction of sp³-hybridized carbons (Fsp3) is 0.526. The first-order chi connectivity index (χ1) is 13.9. The Bertz CT molecular complexity index is 906. The highest BCUT2D eigenvalue weighted by Crippen LogP contribution is 2.43. The molecular formula is C19H22O10. The van der Waals surface area contributed by atoms with Crippen LogP contribution in [0.3, 0.4) is 0 Å². The van der Waals surface area contributed by atoms with Gasteiger partial charge in [0.05, 0.1) is 25.4 Å². The third-order valence-electron chi connectivity index (χ3n) is 5.31. The van der Waals surface area contributed by atoms with Gasteiger partial charge in [0, 0.05) is 5.56 Å². The van der Waals surface area contributed by atoms with Gasteiger partial charge in [0.1, 0.15) is 53.5 Å². The minimum absolute atomic E-state index is 0.161. The largest absolute Gasteiger partial charge is 0.495 e. The summed E-state index contributed by atoms with van der Waals surface area (Å²) < 4.78 is 27.6. The van der Waals surface area contributed by atoms with E-state index in [1.54, 1.807) is 19.1 Å². The van der Waals surface area contributed by atoms with Crippen LogP contribution in [0.1, 0.15) is 28.9 Å². The molecule has 0 saturated carbocycles. The van der Waals surface area contributed by atoms with E-state index in [1.165, 1.54) is 13.4 Å². The zero-order valence-electron chi connectivity index (χ0n) is 15.7. The summed E-state index contributed by atoms with van der Waals surface area (Å²) in [5.74, 6) is -0.327. The number of hydrogen-bond donors (Lipinski definition) is 4. The summed E-state index contributed by atoms with van der Waals surface area (Å²) in [6.07, 6.45) is -7.40. The van der Waals surface area contributed by atoms with Crippen LogP contribution in [0, 0.1) is 0 Å². The number of carbonyl (C=O) groups excluding carboxylic acids is 1. The monoisotopic (exact) mass is 410 g/mol. The van der Waals surface area contributed by atoms with Gasteiger partial charge in [0.15, 0.2) is 6.29 Å². The summed E-state index contributed by atoms with van der Waals surface area (Å²) in [4.78, 5) is 12.6. The molecule has 1 aromatic carbocycles. The van der Waals surface area contributed by atoms with Gasteiger partial charge in [-0.25, -0.2) is 4.79 Å². The van der Waals surface area contributed by atoms with Crippen molar-refractivity contribution in [2.45, 2.75) is 49.8 Å². The van der Waals surface area contributed by atoms with Crippen LogP contribution in [0.4, 0.5) is 0 Å². The van der Waals surface area contributed by atoms with E-state index in [0.717, 1.165) is 0 Å². The van der Waals surface area contributed by atoms with Crippen molar-refractivity contribution < 1.29 is 48.6 Å². The number of aliphatic hydroxyl groups is 4. The first-order valence-electron chi connectivity index (χ1n) is 9.12. The van der Waals surface area contributed by atoms with Gasteiger partial charge >= 0.3 is 5.97 Å². The molecule has 10 heteroatoms. The van der Waals surface area contributed by atoms with Gasteiger partial charge in [0.25, 0.3) is 0 Å². The first kappa shape index (κ1) is 20.1. The molecule has 1 fully saturated rings. The van der Waals surface area contributed by atoms with Crippen molar-refractivity contribution in [3.05, 3.63) is 29.5 Å². The van der Waals surface area contributed by atoms with Crippen LogP contribution < -0.4 is 4.74 Å². The summed E-state index contributed by atoms with van der Waals surface area (Å²) >= 11 is 0. The van der Waals surface area contributed by atoms with Crippen LogP contribution in [0.15, 0.2) is 22.8 Å². The second-order valence-corrected chi connectivity index (χ2v) is 7.07. The van der Waals surface area contributed by atoms with Crippen LogP contribution in [-0.2, 0) is 14.2 Å². The average Bonchev–Trinajstić information content (AvgIpc) is 3.17. The highest BCUT2D eigenvalue weighted by molar-refractivity contribution is 6.02. The van der Waals surface area contributed by atoms with Crippen LogP contribution >= 0.6 is 0 Å². The van der Waals surface area contributed by atoms with Gasteiger partial charge < -0.3 is 43.8 Å². The van der Waals surface area contributed by atoms with E-state index in [9.17, 15) is 25.2 Å². The van der Waals surface area contributed by atoms with Crippen LogP contribution in [0.2, 0.25) is 0 Å². The van der Waals surface area contributed by atoms with Crippen LogP contribution in [0.5, 0.6) is 5.75 Å². The normalized spacial score (nSPS) is 34.7. The maximum absolute atomic E-state index is 12.6. The Morgan fingerprint density at radius 1 is 1.17 bits per heavy atom. The minimum Gasteiger partial charge on any atom is -0.495 e. The van der Waals surface area contributed by atoms with Crippen molar-refractivity contribution in [2.24, 2.45) is 0 Å². The Morgan fingerprint density at radius 3 is 2.62 bits per heavy atom. The van der Waals surface area contributed by atoms with Crippen molar-refractivity contribution in [3.63, 3.8) is 0 Å². The molecule has 0 amide bonds. The maximum atomic E-state index is 12.6. The number of furan rings is 1. The number of cyclic esters (lactones) is 1. The number of carbonyl (C=O) groups is 1. The summed E-state index contributed by atoms with van der Waals surface area (Å²) in [5.41, 5.74) is 1.03. The van der Waals surface area contributed by atoms with E-state index in [-0.39, 0.29) is 11.3 Å². The number of rotatable bonds is 4. The number of aliphatic hydroxyl groups excluding tert-OH is 4. The number of hydrogen-bond acceptors (Lipinski definition) is 10. The molecule has 3 heterocycles. The number of benzene rings is 1. The molecule has 4 rings (SSSR count). The number of fused-ring (bicyclic) bond motifs is 2. The molecule has 1 aromatic heterocycles. The fourth-order valence-electron chi connectivity index (χ4n) is 3.80. The van der Waals surface area contributed by atoms with Crippen molar-refractivity contribution in [3.8, 4) is 5.75 Å². The quantitative estimate of drug-likeness (QED) is 0.502. The lowest BCUT2D eigenvalue weighted by atomic mass is 9.93. The van der Waals surface area contributed by atoms with Gasteiger partial charge in [-0.15, -0.1) is 0 Å². The summed E-state index contributed by atoms with van der Waals surface area (Å²) in [5, 5.41) is 40.2.